The monoisotopic (exact) mass is 1010 g/mol. The van der Waals surface area contributed by atoms with E-state index in [1.165, 1.54) is 27.0 Å². The van der Waals surface area contributed by atoms with Crippen LogP contribution in [0.1, 0.15) is 16.7 Å². The minimum absolute atomic E-state index is 0.140. The molecule has 9 heteroatoms. The van der Waals surface area contributed by atoms with Crippen molar-refractivity contribution in [2.75, 3.05) is 21.5 Å². The molecule has 0 radical (unpaired) electrons. The first kappa shape index (κ1) is 48.7. The molecule has 0 amide bonds. The molecule has 6 rings (SSSR count). The summed E-state index contributed by atoms with van der Waals surface area (Å²) in [6, 6.07) is 62.0. The van der Waals surface area contributed by atoms with E-state index < -0.39 is 4.01 Å². The van der Waals surface area contributed by atoms with Gasteiger partial charge in [0.15, 0.2) is 0 Å². The summed E-state index contributed by atoms with van der Waals surface area (Å²) in [6.07, 6.45) is 0. The minimum atomic E-state index is -2.75. The van der Waals surface area contributed by atoms with Crippen LogP contribution in [0.3, 0.4) is 0 Å². The zero-order valence-corrected chi connectivity index (χ0v) is 36.8. The number of aliphatic hydroxyl groups excluding tert-OH is 1. The number of rotatable bonds is 6. The van der Waals surface area contributed by atoms with Crippen LogP contribution in [0.15, 0.2) is 182 Å². The Kier molecular flexibility index (Phi) is 28.8. The average molecular weight is 1020 g/mol. The molecule has 0 bridgehead atoms. The Balaban J connectivity index is 0.000000693. The third kappa shape index (κ3) is 17.4. The first-order chi connectivity index (χ1) is 24.9. The van der Waals surface area contributed by atoms with Crippen molar-refractivity contribution in [3.63, 3.8) is 0 Å². The second kappa shape index (κ2) is 30.2. The Morgan fingerprint density at radius 1 is 0.431 bits per heavy atom. The van der Waals surface area contributed by atoms with Gasteiger partial charge in [-0.1, -0.05) is 130 Å². The molecule has 0 aliphatic rings. The molecule has 0 fully saturated rings. The van der Waals surface area contributed by atoms with Crippen LogP contribution in [-0.2, 0) is 16.4 Å². The van der Waals surface area contributed by atoms with Crippen LogP contribution < -0.4 is 15.9 Å². The average Bonchev–Trinajstić information content (AvgIpc) is 3.25. The van der Waals surface area contributed by atoms with Crippen LogP contribution in [0, 0.1) is 0 Å². The van der Waals surface area contributed by atoms with Gasteiger partial charge < -0.3 is 5.11 Å². The van der Waals surface area contributed by atoms with E-state index in [0.717, 1.165) is 15.3 Å². The number of hydrogen-bond acceptors (Lipinski definition) is 1. The summed E-state index contributed by atoms with van der Waals surface area (Å²) in [5, 5.41) is 13.3. The Morgan fingerprint density at radius 3 is 0.843 bits per heavy atom. The van der Waals surface area contributed by atoms with Crippen molar-refractivity contribution < 1.29 is 18.3 Å². The molecule has 6 aromatic rings. The van der Waals surface area contributed by atoms with Crippen molar-refractivity contribution in [3.05, 3.63) is 199 Å². The molecule has 1 N–H and O–H groups in total. The van der Waals surface area contributed by atoms with Gasteiger partial charge in [-0.2, -0.15) is 0 Å². The molecule has 0 spiro atoms. The largest absolute Gasteiger partial charge is 0.392 e. The van der Waals surface area contributed by atoms with E-state index in [2.05, 4.69) is 197 Å². The normalized spacial score (nSPS) is 10.1. The Bertz CT molecular complexity index is 1430. The SMILES string of the molecule is BrCc1ccccc1.BrP(Br)(c1ccccc1)(c1ccccc1)c1ccccc1.C[18F].C[18F].C[18F].ICc1ccccc1.OCc1ccccc1. The molecule has 0 saturated carbocycles. The number of benzene rings is 6. The van der Waals surface area contributed by atoms with Gasteiger partial charge in [0.25, 0.3) is 0 Å². The smallest absolute Gasteiger partial charge is 0.0785 e. The zero-order chi connectivity index (χ0) is 38.2. The van der Waals surface area contributed by atoms with Gasteiger partial charge in [-0.25, -0.2) is 0 Å². The van der Waals surface area contributed by atoms with Gasteiger partial charge in [0.05, 0.1) is 28.1 Å². The van der Waals surface area contributed by atoms with Crippen molar-refractivity contribution in [2.45, 2.75) is 16.4 Å². The quantitative estimate of drug-likeness (QED) is 0.100. The van der Waals surface area contributed by atoms with Crippen molar-refractivity contribution in [1.29, 1.82) is 0 Å². The van der Waals surface area contributed by atoms with Gasteiger partial charge >= 0.3 is 142 Å². The van der Waals surface area contributed by atoms with Crippen LogP contribution in [0.5, 0.6) is 0 Å². The molecule has 1 nitrogen and oxygen atoms in total. The Morgan fingerprint density at radius 2 is 0.667 bits per heavy atom. The summed E-state index contributed by atoms with van der Waals surface area (Å²) in [4.78, 5) is 0. The minimum Gasteiger partial charge on any atom is -0.392 e. The summed E-state index contributed by atoms with van der Waals surface area (Å²) in [5.41, 5.74) is 3.69. The second-order valence-corrected chi connectivity index (χ2v) is 25.8. The molecule has 0 aliphatic carbocycles. The van der Waals surface area contributed by atoms with Crippen LogP contribution in [0.25, 0.3) is 0 Å². The second-order valence-electron chi connectivity index (χ2n) is 9.80. The maximum absolute atomic E-state index is 9.50. The maximum atomic E-state index is 9.50. The molecule has 0 aromatic heterocycles. The van der Waals surface area contributed by atoms with E-state index in [0.29, 0.717) is 21.5 Å². The van der Waals surface area contributed by atoms with E-state index in [9.17, 15) is 13.2 Å². The van der Waals surface area contributed by atoms with E-state index in [-0.39, 0.29) is 6.61 Å². The number of hydrogen-bond donors (Lipinski definition) is 1. The van der Waals surface area contributed by atoms with Crippen molar-refractivity contribution >= 4 is 89.4 Å². The molecular weight excluding hydrogens is 972 g/mol. The maximum Gasteiger partial charge on any atom is 0.0785 e. The fourth-order valence-electron chi connectivity index (χ4n) is 4.23. The van der Waals surface area contributed by atoms with E-state index >= 15 is 0 Å². The predicted molar refractivity (Wildman–Crippen MR) is 240 cm³/mol. The van der Waals surface area contributed by atoms with Crippen molar-refractivity contribution in [2.24, 2.45) is 0 Å². The van der Waals surface area contributed by atoms with Gasteiger partial charge in [0.1, 0.15) is 0 Å². The van der Waals surface area contributed by atoms with Crippen LogP contribution in [0.4, 0.5) is 13.2 Å². The predicted octanol–water partition coefficient (Wildman–Crippen LogP) is 13.3. The number of aliphatic hydroxyl groups is 1. The summed E-state index contributed by atoms with van der Waals surface area (Å²) >= 11 is 14.0. The third-order valence-electron chi connectivity index (χ3n) is 6.65. The van der Waals surface area contributed by atoms with Crippen LogP contribution in [-0.4, -0.2) is 26.6 Å². The molecule has 0 atom stereocenters. The molecule has 6 aromatic carbocycles. The third-order valence-corrected chi connectivity index (χ3v) is 19.2. The van der Waals surface area contributed by atoms with Crippen LogP contribution >= 0.6 is 73.5 Å². The van der Waals surface area contributed by atoms with Gasteiger partial charge in [0, 0.05) is 9.76 Å². The molecule has 274 valence electrons. The standard InChI is InChI=1S/C18H15Br2P.C7H7Br.C7H7I.C7H8O.3CH3F/c19-21(20,16-10-4-1-5-11-16,17-12-6-2-7-13-17)18-14-8-3-9-15-18;3*8-6-7-4-2-1-3-5-7;3*1-2/h1-15H;2*1-5H,6H2;1-5,8H,6H2;3*1H3/i;;;;3*2-1. The molecule has 0 aliphatic heterocycles. The molecule has 51 heavy (non-hydrogen) atoms. The van der Waals surface area contributed by atoms with Gasteiger partial charge in [-0.05, 0) is 16.7 Å². The van der Waals surface area contributed by atoms with Crippen molar-refractivity contribution in [3.8, 4) is 0 Å². The number of alkyl halides is 5. The van der Waals surface area contributed by atoms with E-state index in [1.54, 1.807) is 0 Å². The summed E-state index contributed by atoms with van der Waals surface area (Å²) in [6.45, 7) is 0.140. The van der Waals surface area contributed by atoms with Gasteiger partial charge in [0.2, 0.25) is 0 Å². The summed E-state index contributed by atoms with van der Waals surface area (Å²) < 4.78 is 26.9. The Hall–Kier alpha value is -2.33. The van der Waals surface area contributed by atoms with Gasteiger partial charge in [-0.3, -0.25) is 13.2 Å². The molecule has 0 saturated heterocycles. The topological polar surface area (TPSA) is 20.2 Å². The fourth-order valence-corrected chi connectivity index (χ4v) is 12.4. The number of halogens is 7. The van der Waals surface area contributed by atoms with Crippen LogP contribution in [0.2, 0.25) is 0 Å². The van der Waals surface area contributed by atoms with Crippen molar-refractivity contribution in [1.82, 2.24) is 0 Å². The van der Waals surface area contributed by atoms with E-state index in [1.807, 2.05) is 54.6 Å². The fraction of sp³-hybridized carbons (Fsp3) is 0.143. The summed E-state index contributed by atoms with van der Waals surface area (Å²) in [7, 11) is 1.50. The molecule has 0 heterocycles. The summed E-state index contributed by atoms with van der Waals surface area (Å²) in [5.74, 6) is 0. The molecule has 0 unspecified atom stereocenters. The van der Waals surface area contributed by atoms with E-state index in [4.69, 9.17) is 5.11 Å². The molecular formula is C42H46Br3F3IOP. The van der Waals surface area contributed by atoms with Gasteiger partial charge in [-0.15, -0.1) is 0 Å². The first-order valence-electron chi connectivity index (χ1n) is 15.5. The zero-order valence-electron chi connectivity index (χ0n) is 29.0. The first-order valence-corrected chi connectivity index (χ1v) is 24.4. The Labute approximate surface area is 341 Å².